The second kappa shape index (κ2) is 15.1. The van der Waals surface area contributed by atoms with Gasteiger partial charge in [-0.25, -0.2) is 0 Å². The molecule has 1 aliphatic carbocycles. The molecule has 1 aliphatic heterocycles. The molecule has 43 heavy (non-hydrogen) atoms. The maximum absolute atomic E-state index is 13.6. The van der Waals surface area contributed by atoms with E-state index in [1.54, 1.807) is 20.0 Å². The van der Waals surface area contributed by atoms with Crippen LogP contribution in [0.15, 0.2) is 30.3 Å². The van der Waals surface area contributed by atoms with Crippen molar-refractivity contribution in [3.63, 3.8) is 0 Å². The van der Waals surface area contributed by atoms with E-state index in [1.165, 1.54) is 4.68 Å². The van der Waals surface area contributed by atoms with Crippen LogP contribution in [-0.4, -0.2) is 82.5 Å². The number of likely N-dealkylation sites (N-methyl/N-ethyl adjacent to an activating group) is 1. The highest BCUT2D eigenvalue weighted by molar-refractivity contribution is 5.92. The van der Waals surface area contributed by atoms with Crippen molar-refractivity contribution in [1.29, 1.82) is 0 Å². The third-order valence-electron chi connectivity index (χ3n) is 8.82. The van der Waals surface area contributed by atoms with Crippen LogP contribution in [0.5, 0.6) is 0 Å². The topological polar surface area (TPSA) is 143 Å². The molecule has 1 aromatic heterocycles. The third kappa shape index (κ3) is 8.65. The van der Waals surface area contributed by atoms with Crippen LogP contribution in [0.3, 0.4) is 0 Å². The van der Waals surface area contributed by atoms with E-state index in [2.05, 4.69) is 20.6 Å². The van der Waals surface area contributed by atoms with Crippen LogP contribution in [0.25, 0.3) is 0 Å². The lowest BCUT2D eigenvalue weighted by Crippen LogP contribution is -2.54. The number of nitrogens with zero attached hydrogens (tertiary/aromatic N) is 4. The van der Waals surface area contributed by atoms with Gasteiger partial charge in [0, 0.05) is 52.6 Å². The molecular formula is C32H47N7O4. The number of carbonyl (C=O) groups excluding carboxylic acids is 4. The van der Waals surface area contributed by atoms with Gasteiger partial charge in [0.15, 0.2) is 0 Å². The van der Waals surface area contributed by atoms with E-state index in [4.69, 9.17) is 5.73 Å². The molecule has 0 bridgehead atoms. The number of hydrogen-bond acceptors (Lipinski definition) is 6. The van der Waals surface area contributed by atoms with Crippen molar-refractivity contribution in [3.05, 3.63) is 52.8 Å². The quantitative estimate of drug-likeness (QED) is 0.341. The molecule has 2 aliphatic rings. The summed E-state index contributed by atoms with van der Waals surface area (Å²) in [6.45, 7) is 5.05. The van der Waals surface area contributed by atoms with Crippen LogP contribution in [0, 0.1) is 5.92 Å². The Bertz CT molecular complexity index is 1260. The summed E-state index contributed by atoms with van der Waals surface area (Å²) in [7, 11) is 3.71. The molecule has 0 unspecified atom stereocenters. The normalized spacial score (nSPS) is 18.0. The van der Waals surface area contributed by atoms with Gasteiger partial charge in [-0.2, -0.15) is 5.10 Å². The van der Waals surface area contributed by atoms with E-state index in [0.29, 0.717) is 38.2 Å². The van der Waals surface area contributed by atoms with Gasteiger partial charge in [-0.15, -0.1) is 0 Å². The highest BCUT2D eigenvalue weighted by Gasteiger charge is 2.33. The Labute approximate surface area is 254 Å². The van der Waals surface area contributed by atoms with Crippen LogP contribution < -0.4 is 16.4 Å². The lowest BCUT2D eigenvalue weighted by molar-refractivity contribution is -0.137. The number of hydrogen-bond donors (Lipinski definition) is 3. The predicted molar refractivity (Wildman–Crippen MR) is 164 cm³/mol. The second-order valence-electron chi connectivity index (χ2n) is 12.0. The van der Waals surface area contributed by atoms with Gasteiger partial charge in [0.2, 0.25) is 17.7 Å². The lowest BCUT2D eigenvalue weighted by atomic mass is 9.83. The zero-order valence-corrected chi connectivity index (χ0v) is 25.8. The number of amides is 4. The van der Waals surface area contributed by atoms with Gasteiger partial charge in [-0.3, -0.25) is 23.9 Å². The molecule has 0 radical (unpaired) electrons. The summed E-state index contributed by atoms with van der Waals surface area (Å²) in [4.78, 5) is 55.1. The Balaban J connectivity index is 1.42. The minimum Gasteiger partial charge on any atom is -0.364 e. The van der Waals surface area contributed by atoms with E-state index in [0.717, 1.165) is 62.7 Å². The number of nitrogens with two attached hydrogens (primary N) is 1. The molecule has 1 saturated carbocycles. The third-order valence-corrected chi connectivity index (χ3v) is 8.82. The number of nitrogens with one attached hydrogen (secondary N) is 2. The average Bonchev–Trinajstić information content (AvgIpc) is 3.19. The number of primary amides is 1. The Morgan fingerprint density at radius 3 is 2.16 bits per heavy atom. The number of piperazine rings is 1. The number of carbonyl (C=O) groups is 4. The monoisotopic (exact) mass is 593 g/mol. The number of aromatic nitrogens is 2. The molecule has 2 aromatic rings. The molecule has 4 N–H and O–H groups in total. The summed E-state index contributed by atoms with van der Waals surface area (Å²) < 4.78 is 1.46. The van der Waals surface area contributed by atoms with Crippen molar-refractivity contribution in [2.75, 3.05) is 33.2 Å². The van der Waals surface area contributed by atoms with Crippen molar-refractivity contribution in [2.45, 2.75) is 76.8 Å². The van der Waals surface area contributed by atoms with Crippen LogP contribution >= 0.6 is 0 Å². The molecule has 4 amide bonds. The van der Waals surface area contributed by atoms with Crippen molar-refractivity contribution >= 4 is 23.6 Å². The zero-order valence-electron chi connectivity index (χ0n) is 25.8. The van der Waals surface area contributed by atoms with E-state index in [1.807, 2.05) is 36.2 Å². The largest absolute Gasteiger partial charge is 0.364 e. The lowest BCUT2D eigenvalue weighted by Gasteiger charge is -2.34. The van der Waals surface area contributed by atoms with Gasteiger partial charge < -0.3 is 26.2 Å². The first-order valence-corrected chi connectivity index (χ1v) is 15.6. The molecular weight excluding hydrogens is 546 g/mol. The smallest absolute Gasteiger partial charge is 0.266 e. The van der Waals surface area contributed by atoms with Crippen molar-refractivity contribution in [3.8, 4) is 0 Å². The summed E-state index contributed by atoms with van der Waals surface area (Å²) in [5, 5.41) is 10.5. The Hall–Kier alpha value is -3.73. The zero-order chi connectivity index (χ0) is 30.9. The fraction of sp³-hybridized carbons (Fsp3) is 0.594. The number of rotatable bonds is 11. The predicted octanol–water partition coefficient (Wildman–Crippen LogP) is 2.10. The van der Waals surface area contributed by atoms with Crippen molar-refractivity contribution in [1.82, 2.24) is 30.2 Å². The number of aryl methyl sites for hydroxylation is 1. The Kier molecular flexibility index (Phi) is 11.3. The maximum Gasteiger partial charge on any atom is 0.266 e. The summed E-state index contributed by atoms with van der Waals surface area (Å²) in [6, 6.07) is 8.83. The minimum absolute atomic E-state index is 0.0511. The average molecular weight is 594 g/mol. The van der Waals surface area contributed by atoms with Crippen LogP contribution in [0.4, 0.5) is 0 Å². The fourth-order valence-electron chi connectivity index (χ4n) is 6.18. The van der Waals surface area contributed by atoms with E-state index >= 15 is 0 Å². The molecule has 2 fully saturated rings. The Morgan fingerprint density at radius 1 is 0.953 bits per heavy atom. The first kappa shape index (κ1) is 32.2. The van der Waals surface area contributed by atoms with Crippen LogP contribution in [0.1, 0.15) is 85.1 Å². The minimum atomic E-state index is -0.620. The van der Waals surface area contributed by atoms with Gasteiger partial charge >= 0.3 is 0 Å². The standard InChI is InChI=1S/C32H47N7O4/c1-4-28(40)35-26(32(43)39-17-15-37(2)16-18-39)19-22-11-13-23(14-12-22)21-34-31(42)29(24-9-7-5-6-8-10-24)25-20-27(30(33)41)38(3)36-25/h11-14,20,24,26,29H,4-10,15-19,21H2,1-3H3,(H2,33,41)(H,34,42)(H,35,40)/t26-,29+/m1/s1. The van der Waals surface area contributed by atoms with E-state index in [9.17, 15) is 19.2 Å². The molecule has 234 valence electrons. The van der Waals surface area contributed by atoms with Gasteiger partial charge in [0.1, 0.15) is 11.7 Å². The van der Waals surface area contributed by atoms with Crippen molar-refractivity contribution in [2.24, 2.45) is 18.7 Å². The molecule has 11 heteroatoms. The summed E-state index contributed by atoms with van der Waals surface area (Å²) in [5.41, 5.74) is 8.26. The highest BCUT2D eigenvalue weighted by atomic mass is 16.2. The molecule has 1 saturated heterocycles. The van der Waals surface area contributed by atoms with Crippen LogP contribution in [0.2, 0.25) is 0 Å². The molecule has 1 aromatic carbocycles. The Morgan fingerprint density at radius 2 is 1.58 bits per heavy atom. The molecule has 4 rings (SSSR count). The summed E-state index contributed by atoms with van der Waals surface area (Å²) in [5.74, 6) is -1.18. The van der Waals surface area contributed by atoms with Gasteiger partial charge in [0.25, 0.3) is 5.91 Å². The van der Waals surface area contributed by atoms with Crippen LogP contribution in [-0.2, 0) is 34.4 Å². The van der Waals surface area contributed by atoms with E-state index < -0.39 is 17.9 Å². The van der Waals surface area contributed by atoms with E-state index in [-0.39, 0.29) is 29.3 Å². The molecule has 2 atom stereocenters. The first-order valence-electron chi connectivity index (χ1n) is 15.6. The van der Waals surface area contributed by atoms with Gasteiger partial charge in [0.05, 0.1) is 11.6 Å². The first-order chi connectivity index (χ1) is 20.7. The van der Waals surface area contributed by atoms with Crippen molar-refractivity contribution < 1.29 is 19.2 Å². The highest BCUT2D eigenvalue weighted by Crippen LogP contribution is 2.35. The fourth-order valence-corrected chi connectivity index (χ4v) is 6.18. The second-order valence-corrected chi connectivity index (χ2v) is 12.0. The SMILES string of the molecule is CCC(=O)N[C@H](Cc1ccc(CNC(=O)[C@H](c2cc(C(N)=O)n(C)n2)C2CCCCCC2)cc1)C(=O)N1CCN(C)CC1. The number of benzene rings is 1. The molecule has 2 heterocycles. The van der Waals surface area contributed by atoms with Gasteiger partial charge in [-0.1, -0.05) is 56.9 Å². The molecule has 0 spiro atoms. The summed E-state index contributed by atoms with van der Waals surface area (Å²) >= 11 is 0. The maximum atomic E-state index is 13.6. The van der Waals surface area contributed by atoms with Gasteiger partial charge in [-0.05, 0) is 43.0 Å². The summed E-state index contributed by atoms with van der Waals surface area (Å²) in [6.07, 6.45) is 7.07. The molecule has 11 nitrogen and oxygen atoms in total.